The van der Waals surface area contributed by atoms with E-state index in [0.717, 1.165) is 0 Å². The Hall–Kier alpha value is -4.38. The summed E-state index contributed by atoms with van der Waals surface area (Å²) in [6, 6.07) is 7.88. The van der Waals surface area contributed by atoms with E-state index in [-0.39, 0.29) is 51.7 Å². The van der Waals surface area contributed by atoms with E-state index in [9.17, 15) is 9.59 Å². The Labute approximate surface area is 260 Å². The normalized spacial score (nSPS) is 15.4. The Morgan fingerprint density at radius 2 is 1.75 bits per heavy atom. The minimum Gasteiger partial charge on any atom is -0.467 e. The molecule has 10 nitrogen and oxygen atoms in total. The summed E-state index contributed by atoms with van der Waals surface area (Å²) in [5, 5.41) is 0.688. The average molecular weight is 620 g/mol. The largest absolute Gasteiger partial charge is 0.467 e. The van der Waals surface area contributed by atoms with Crippen molar-refractivity contribution in [1.29, 1.82) is 0 Å². The van der Waals surface area contributed by atoms with E-state index in [1.54, 1.807) is 29.2 Å². The Morgan fingerprint density at radius 3 is 2.32 bits per heavy atom. The van der Waals surface area contributed by atoms with E-state index >= 15 is 4.39 Å². The first-order valence-electron chi connectivity index (χ1n) is 14.5. The molecule has 1 aliphatic heterocycles. The first-order valence-corrected chi connectivity index (χ1v) is 14.9. The van der Waals surface area contributed by atoms with Crippen LogP contribution in [0.5, 0.6) is 6.01 Å². The molecule has 0 aliphatic carbocycles. The van der Waals surface area contributed by atoms with Crippen molar-refractivity contribution < 1.29 is 13.9 Å². The lowest BCUT2D eigenvalue weighted by Gasteiger charge is -2.40. The van der Waals surface area contributed by atoms with E-state index in [4.69, 9.17) is 21.3 Å². The number of pyridine rings is 1. The number of ether oxygens (including phenoxy) is 1. The van der Waals surface area contributed by atoms with Crippen molar-refractivity contribution in [2.24, 2.45) is 0 Å². The fourth-order valence-corrected chi connectivity index (χ4v) is 5.82. The van der Waals surface area contributed by atoms with Gasteiger partial charge in [0.2, 0.25) is 5.91 Å². The Balaban J connectivity index is 1.87. The van der Waals surface area contributed by atoms with Crippen LogP contribution in [0.2, 0.25) is 5.02 Å². The number of amides is 1. The summed E-state index contributed by atoms with van der Waals surface area (Å²) < 4.78 is 21.9. The van der Waals surface area contributed by atoms with Gasteiger partial charge in [-0.05, 0) is 43.0 Å². The zero-order chi connectivity index (χ0) is 31.9. The van der Waals surface area contributed by atoms with Crippen molar-refractivity contribution >= 4 is 34.4 Å². The third-order valence-corrected chi connectivity index (χ3v) is 8.02. The standard InChI is InChI=1S/C32H35ClFN7O3/c1-8-24(42)39-13-14-40(19(6)16-39)29-21-15-22(33)27(20-11-9-10-12-23(20)34)35-30(21)41(32(43)38-29)28-25(17(2)3)36-31(44-7)37-26(28)18(4)5/h8-12,15,17-19H,1,13-14,16H2,2-7H3/t19-/m0/s1. The molecule has 1 fully saturated rings. The summed E-state index contributed by atoms with van der Waals surface area (Å²) in [5.74, 6) is -0.546. The monoisotopic (exact) mass is 619 g/mol. The van der Waals surface area contributed by atoms with Gasteiger partial charge in [-0.15, -0.1) is 0 Å². The second kappa shape index (κ2) is 12.3. The molecular weight excluding hydrogens is 585 g/mol. The SMILES string of the molecule is C=CC(=O)N1CCN(c2nc(=O)n(-c3c(C(C)C)nc(OC)nc3C(C)C)c3nc(-c4ccccc4F)c(Cl)cc23)[C@@H](C)C1. The third kappa shape index (κ3) is 5.52. The number of benzene rings is 1. The van der Waals surface area contributed by atoms with Crippen molar-refractivity contribution in [3.8, 4) is 23.0 Å². The summed E-state index contributed by atoms with van der Waals surface area (Å²) in [6.45, 7) is 14.6. The molecule has 1 saturated heterocycles. The van der Waals surface area contributed by atoms with Gasteiger partial charge in [-0.25, -0.2) is 18.7 Å². The number of aromatic nitrogens is 5. The molecule has 1 amide bonds. The number of methoxy groups -OCH3 is 1. The van der Waals surface area contributed by atoms with Crippen molar-refractivity contribution in [3.63, 3.8) is 0 Å². The second-order valence-corrected chi connectivity index (χ2v) is 11.8. The van der Waals surface area contributed by atoms with Gasteiger partial charge < -0.3 is 14.5 Å². The number of anilines is 1. The summed E-state index contributed by atoms with van der Waals surface area (Å²) >= 11 is 6.81. The first kappa shape index (κ1) is 31.1. The molecule has 5 rings (SSSR count). The topological polar surface area (TPSA) is 106 Å². The number of rotatable bonds is 7. The molecule has 3 aromatic heterocycles. The second-order valence-electron chi connectivity index (χ2n) is 11.4. The molecule has 4 heterocycles. The molecular formula is C32H35ClFN7O3. The zero-order valence-corrected chi connectivity index (χ0v) is 26.4. The lowest BCUT2D eigenvalue weighted by atomic mass is 10.0. The van der Waals surface area contributed by atoms with Gasteiger partial charge in [0, 0.05) is 31.2 Å². The molecule has 0 saturated carbocycles. The molecule has 0 radical (unpaired) electrons. The highest BCUT2D eigenvalue weighted by atomic mass is 35.5. The zero-order valence-electron chi connectivity index (χ0n) is 25.6. The Bertz CT molecular complexity index is 1800. The first-order chi connectivity index (χ1) is 21.0. The van der Waals surface area contributed by atoms with E-state index < -0.39 is 11.5 Å². The maximum Gasteiger partial charge on any atom is 0.355 e. The number of hydrogen-bond acceptors (Lipinski definition) is 8. The molecule has 4 aromatic rings. The van der Waals surface area contributed by atoms with Crippen LogP contribution < -0.4 is 15.3 Å². The Morgan fingerprint density at radius 1 is 1.09 bits per heavy atom. The van der Waals surface area contributed by atoms with Crippen LogP contribution in [0.15, 0.2) is 47.8 Å². The van der Waals surface area contributed by atoms with Crippen molar-refractivity contribution in [3.05, 3.63) is 75.7 Å². The van der Waals surface area contributed by atoms with Gasteiger partial charge >= 0.3 is 11.7 Å². The number of carbonyl (C=O) groups excluding carboxylic acids is 1. The minimum atomic E-state index is -0.601. The average Bonchev–Trinajstić information content (AvgIpc) is 3.00. The number of fused-ring (bicyclic) bond motifs is 1. The number of nitrogens with zero attached hydrogens (tertiary/aromatic N) is 7. The van der Waals surface area contributed by atoms with E-state index in [2.05, 4.69) is 21.5 Å². The van der Waals surface area contributed by atoms with Crippen LogP contribution in [0.3, 0.4) is 0 Å². The number of hydrogen-bond donors (Lipinski definition) is 0. The fraction of sp³-hybridized carbons (Fsp3) is 0.375. The fourth-order valence-electron chi connectivity index (χ4n) is 5.56. The molecule has 0 N–H and O–H groups in total. The third-order valence-electron chi connectivity index (χ3n) is 7.73. The number of piperazine rings is 1. The van der Waals surface area contributed by atoms with E-state index in [1.807, 2.05) is 39.5 Å². The number of halogens is 2. The van der Waals surface area contributed by atoms with Crippen LogP contribution in [0.1, 0.15) is 57.8 Å². The minimum absolute atomic E-state index is 0.130. The smallest absolute Gasteiger partial charge is 0.355 e. The maximum absolute atomic E-state index is 15.1. The molecule has 0 unspecified atom stereocenters. The highest BCUT2D eigenvalue weighted by Crippen LogP contribution is 2.37. The predicted molar refractivity (Wildman–Crippen MR) is 169 cm³/mol. The van der Waals surface area contributed by atoms with E-state index in [0.29, 0.717) is 47.9 Å². The van der Waals surface area contributed by atoms with Crippen LogP contribution in [-0.2, 0) is 4.79 Å². The molecule has 0 spiro atoms. The molecule has 0 bridgehead atoms. The van der Waals surface area contributed by atoms with Gasteiger partial charge in [0.1, 0.15) is 11.6 Å². The van der Waals surface area contributed by atoms with Gasteiger partial charge in [-0.2, -0.15) is 15.0 Å². The highest BCUT2D eigenvalue weighted by Gasteiger charge is 2.31. The van der Waals surface area contributed by atoms with E-state index in [1.165, 1.54) is 23.8 Å². The molecule has 1 atom stereocenters. The van der Waals surface area contributed by atoms with Gasteiger partial charge in [-0.1, -0.05) is 58.0 Å². The molecule has 12 heteroatoms. The quantitative estimate of drug-likeness (QED) is 0.249. The van der Waals surface area contributed by atoms with Crippen LogP contribution in [-0.4, -0.2) is 68.1 Å². The van der Waals surface area contributed by atoms with Crippen LogP contribution in [0.4, 0.5) is 10.2 Å². The van der Waals surface area contributed by atoms with Gasteiger partial charge in [0.25, 0.3) is 0 Å². The molecule has 1 aliphatic rings. The van der Waals surface area contributed by atoms with Gasteiger partial charge in [-0.3, -0.25) is 4.79 Å². The summed E-state index contributed by atoms with van der Waals surface area (Å²) in [7, 11) is 1.49. The van der Waals surface area contributed by atoms with Crippen LogP contribution >= 0.6 is 11.6 Å². The maximum atomic E-state index is 15.1. The predicted octanol–water partition coefficient (Wildman–Crippen LogP) is 5.51. The van der Waals surface area contributed by atoms with Crippen LogP contribution in [0.25, 0.3) is 28.0 Å². The highest BCUT2D eigenvalue weighted by molar-refractivity contribution is 6.33. The van der Waals surface area contributed by atoms with Gasteiger partial charge in [0.15, 0.2) is 5.65 Å². The van der Waals surface area contributed by atoms with Gasteiger partial charge in [0.05, 0.1) is 40.3 Å². The Kier molecular flexibility index (Phi) is 8.69. The van der Waals surface area contributed by atoms with Crippen molar-refractivity contribution in [2.75, 3.05) is 31.6 Å². The number of carbonyl (C=O) groups is 1. The summed E-state index contributed by atoms with van der Waals surface area (Å²) in [5.41, 5.74) is 1.62. The molecule has 1 aromatic carbocycles. The van der Waals surface area contributed by atoms with Crippen LogP contribution in [0, 0.1) is 5.82 Å². The van der Waals surface area contributed by atoms with Crippen molar-refractivity contribution in [2.45, 2.75) is 52.5 Å². The van der Waals surface area contributed by atoms with Crippen molar-refractivity contribution in [1.82, 2.24) is 29.4 Å². The lowest BCUT2D eigenvalue weighted by Crippen LogP contribution is -2.54. The molecule has 230 valence electrons. The molecule has 44 heavy (non-hydrogen) atoms. The summed E-state index contributed by atoms with van der Waals surface area (Å²) in [6.07, 6.45) is 1.29. The lowest BCUT2D eigenvalue weighted by molar-refractivity contribution is -0.126. The summed E-state index contributed by atoms with van der Waals surface area (Å²) in [4.78, 5) is 49.0.